The molecule has 0 saturated carbocycles. The Bertz CT molecular complexity index is 675. The van der Waals surface area contributed by atoms with Gasteiger partial charge in [0.05, 0.1) is 6.20 Å². The van der Waals surface area contributed by atoms with Crippen LogP contribution in [0.15, 0.2) is 16.5 Å². The van der Waals surface area contributed by atoms with Crippen molar-refractivity contribution in [1.29, 1.82) is 0 Å². The quantitative estimate of drug-likeness (QED) is 0.883. The Kier molecular flexibility index (Phi) is 3.32. The first-order valence-corrected chi connectivity index (χ1v) is 7.67. The molecule has 0 spiro atoms. The van der Waals surface area contributed by atoms with Crippen molar-refractivity contribution >= 4 is 43.9 Å². The molecule has 2 N–H and O–H groups in total. The summed E-state index contributed by atoms with van der Waals surface area (Å²) in [6, 6.07) is 0. The number of carboxylic acids is 1. The molecule has 0 aliphatic carbocycles. The normalized spacial score (nSPS) is 11.4. The molecule has 0 radical (unpaired) electrons. The highest BCUT2D eigenvalue weighted by atomic mass is 32.2. The van der Waals surface area contributed by atoms with E-state index < -0.39 is 16.0 Å². The molecule has 7 nitrogen and oxygen atoms in total. The van der Waals surface area contributed by atoms with Crippen LogP contribution in [0.1, 0.15) is 15.2 Å². The van der Waals surface area contributed by atoms with Crippen molar-refractivity contribution in [3.05, 3.63) is 22.0 Å². The van der Waals surface area contributed by atoms with Crippen LogP contribution in [0.3, 0.4) is 0 Å². The minimum atomic E-state index is -3.94. The van der Waals surface area contributed by atoms with Crippen LogP contribution in [0.2, 0.25) is 0 Å². The molecule has 0 aliphatic heterocycles. The summed E-state index contributed by atoms with van der Waals surface area (Å²) in [5.74, 6) is -1.27. The Labute approximate surface area is 110 Å². The van der Waals surface area contributed by atoms with Gasteiger partial charge in [-0.15, -0.1) is 16.4 Å². The lowest BCUT2D eigenvalue weighted by Gasteiger charge is -2.05. The van der Waals surface area contributed by atoms with Gasteiger partial charge in [-0.2, -0.15) is 0 Å². The number of anilines is 1. The first kappa shape index (κ1) is 12.9. The molecule has 0 fully saturated rings. The molecule has 0 unspecified atom stereocenters. The molecule has 0 aliphatic rings. The highest BCUT2D eigenvalue weighted by Gasteiger charge is 2.27. The number of rotatable bonds is 4. The Morgan fingerprint density at radius 3 is 2.78 bits per heavy atom. The van der Waals surface area contributed by atoms with E-state index in [0.717, 1.165) is 22.9 Å². The molecule has 0 saturated heterocycles. The zero-order valence-corrected chi connectivity index (χ0v) is 11.4. The van der Waals surface area contributed by atoms with E-state index in [9.17, 15) is 13.2 Å². The smallest absolute Gasteiger partial charge is 0.347 e. The van der Waals surface area contributed by atoms with Gasteiger partial charge in [-0.1, -0.05) is 4.49 Å². The van der Waals surface area contributed by atoms with Crippen molar-refractivity contribution in [2.45, 2.75) is 11.8 Å². The van der Waals surface area contributed by atoms with Crippen LogP contribution in [0.4, 0.5) is 5.00 Å². The van der Waals surface area contributed by atoms with Crippen molar-refractivity contribution < 1.29 is 18.3 Å². The average Bonchev–Trinajstić information content (AvgIpc) is 2.86. The van der Waals surface area contributed by atoms with Crippen molar-refractivity contribution in [3.63, 3.8) is 0 Å². The van der Waals surface area contributed by atoms with Gasteiger partial charge in [0.15, 0.2) is 0 Å². The Hall–Kier alpha value is -1.52. The number of sulfonamides is 1. The zero-order chi connectivity index (χ0) is 13.3. The van der Waals surface area contributed by atoms with Gasteiger partial charge in [0.25, 0.3) is 10.0 Å². The summed E-state index contributed by atoms with van der Waals surface area (Å²) >= 11 is 1.75. The fourth-order valence-corrected chi connectivity index (χ4v) is 4.63. The van der Waals surface area contributed by atoms with Gasteiger partial charge >= 0.3 is 5.97 Å². The summed E-state index contributed by atoms with van der Waals surface area (Å²) in [6.45, 7) is 1.54. The summed E-state index contributed by atoms with van der Waals surface area (Å²) in [7, 11) is -3.94. The van der Waals surface area contributed by atoms with Crippen molar-refractivity contribution in [3.8, 4) is 0 Å². The predicted molar refractivity (Wildman–Crippen MR) is 66.7 cm³/mol. The van der Waals surface area contributed by atoms with Crippen LogP contribution in [0.5, 0.6) is 0 Å². The van der Waals surface area contributed by atoms with E-state index in [1.165, 1.54) is 11.6 Å². The maximum atomic E-state index is 12.1. The molecule has 0 aromatic carbocycles. The lowest BCUT2D eigenvalue weighted by atomic mass is 10.3. The van der Waals surface area contributed by atoms with Gasteiger partial charge in [-0.3, -0.25) is 4.72 Å². The average molecular weight is 305 g/mol. The molecule has 18 heavy (non-hydrogen) atoms. The van der Waals surface area contributed by atoms with E-state index in [4.69, 9.17) is 5.11 Å². The molecular weight excluding hydrogens is 298 g/mol. The Morgan fingerprint density at radius 2 is 2.22 bits per heavy atom. The van der Waals surface area contributed by atoms with E-state index >= 15 is 0 Å². The summed E-state index contributed by atoms with van der Waals surface area (Å²) < 4.78 is 29.9. The number of aromatic nitrogens is 2. The van der Waals surface area contributed by atoms with E-state index in [-0.39, 0.29) is 14.8 Å². The van der Waals surface area contributed by atoms with Crippen molar-refractivity contribution in [1.82, 2.24) is 9.59 Å². The number of hydrogen-bond donors (Lipinski definition) is 2. The molecule has 2 rings (SSSR count). The molecule has 0 atom stereocenters. The Morgan fingerprint density at radius 1 is 1.50 bits per heavy atom. The molecule has 96 valence electrons. The molecule has 0 amide bonds. The fourth-order valence-electron chi connectivity index (χ4n) is 1.31. The lowest BCUT2D eigenvalue weighted by molar-refractivity contribution is 0.0698. The number of nitrogens with zero attached hydrogens (tertiary/aromatic N) is 2. The van der Waals surface area contributed by atoms with E-state index in [2.05, 4.69) is 14.3 Å². The fraction of sp³-hybridized carbons (Fsp3) is 0.125. The van der Waals surface area contributed by atoms with Gasteiger partial charge in [0, 0.05) is 11.5 Å². The topological polar surface area (TPSA) is 109 Å². The van der Waals surface area contributed by atoms with Crippen molar-refractivity contribution in [2.75, 3.05) is 4.72 Å². The summed E-state index contributed by atoms with van der Waals surface area (Å²) in [4.78, 5) is 10.6. The van der Waals surface area contributed by atoms with Crippen LogP contribution in [-0.2, 0) is 10.0 Å². The monoisotopic (exact) mass is 305 g/mol. The Balaban J connectivity index is 2.47. The van der Waals surface area contributed by atoms with Crippen LogP contribution in [0, 0.1) is 6.92 Å². The number of carbonyl (C=O) groups is 1. The third-order valence-corrected chi connectivity index (χ3v) is 5.45. The first-order chi connectivity index (χ1) is 8.42. The van der Waals surface area contributed by atoms with Gasteiger partial charge < -0.3 is 5.11 Å². The standard InChI is InChI=1S/C8H7N3O4S3/c1-4-3-16-6(8(12)13)7(4)18(14,15)10-5-2-9-11-17-5/h2-3,10H,1H3,(H,12,13). The summed E-state index contributed by atoms with van der Waals surface area (Å²) in [6.07, 6.45) is 1.25. The third kappa shape index (κ3) is 2.35. The van der Waals surface area contributed by atoms with Crippen LogP contribution in [-0.4, -0.2) is 29.1 Å². The third-order valence-electron chi connectivity index (χ3n) is 1.98. The first-order valence-electron chi connectivity index (χ1n) is 4.53. The number of carboxylic acid groups (broad SMARTS) is 1. The molecule has 2 heterocycles. The summed E-state index contributed by atoms with van der Waals surface area (Å²) in [5.41, 5.74) is 0.391. The number of aryl methyl sites for hydroxylation is 1. The summed E-state index contributed by atoms with van der Waals surface area (Å²) in [5, 5.41) is 14.2. The highest BCUT2D eigenvalue weighted by Crippen LogP contribution is 2.28. The number of aromatic carboxylic acids is 1. The maximum absolute atomic E-state index is 12.1. The van der Waals surface area contributed by atoms with Crippen LogP contribution < -0.4 is 4.72 Å². The zero-order valence-electron chi connectivity index (χ0n) is 8.95. The minimum absolute atomic E-state index is 0.211. The lowest BCUT2D eigenvalue weighted by Crippen LogP contribution is -2.15. The maximum Gasteiger partial charge on any atom is 0.347 e. The molecule has 2 aromatic rings. The second-order valence-electron chi connectivity index (χ2n) is 3.27. The number of nitrogens with one attached hydrogen (secondary N) is 1. The van der Waals surface area contributed by atoms with Gasteiger partial charge in [0.1, 0.15) is 14.8 Å². The van der Waals surface area contributed by atoms with Crippen LogP contribution in [0.25, 0.3) is 0 Å². The van der Waals surface area contributed by atoms with Crippen molar-refractivity contribution in [2.24, 2.45) is 0 Å². The van der Waals surface area contributed by atoms with Gasteiger partial charge in [-0.05, 0) is 17.9 Å². The van der Waals surface area contributed by atoms with E-state index in [0.29, 0.717) is 5.56 Å². The van der Waals surface area contributed by atoms with Gasteiger partial charge in [-0.25, -0.2) is 13.2 Å². The molecule has 2 aromatic heterocycles. The SMILES string of the molecule is Cc1csc(C(=O)O)c1S(=O)(=O)Nc1cnns1. The van der Waals surface area contributed by atoms with E-state index in [1.807, 2.05) is 0 Å². The van der Waals surface area contributed by atoms with Gasteiger partial charge in [0.2, 0.25) is 0 Å². The minimum Gasteiger partial charge on any atom is -0.477 e. The van der Waals surface area contributed by atoms with Crippen LogP contribution >= 0.6 is 22.9 Å². The second-order valence-corrected chi connectivity index (χ2v) is 6.55. The largest absolute Gasteiger partial charge is 0.477 e. The molecule has 10 heteroatoms. The second kappa shape index (κ2) is 4.63. The predicted octanol–water partition coefficient (Wildman–Crippen LogP) is 1.41. The highest BCUT2D eigenvalue weighted by molar-refractivity contribution is 7.93. The number of thiophene rings is 1. The molecule has 0 bridgehead atoms. The molecular formula is C8H7N3O4S3. The van der Waals surface area contributed by atoms with E-state index in [1.54, 1.807) is 6.92 Å². The number of hydrogen-bond acceptors (Lipinski definition) is 7.